The Bertz CT molecular complexity index is 367. The topological polar surface area (TPSA) is 55.1 Å². The van der Waals surface area contributed by atoms with Gasteiger partial charge in [0.05, 0.1) is 11.0 Å². The highest BCUT2D eigenvalue weighted by Crippen LogP contribution is 2.49. The lowest BCUT2D eigenvalue weighted by molar-refractivity contribution is -0.122. The van der Waals surface area contributed by atoms with Crippen molar-refractivity contribution in [2.45, 2.75) is 51.0 Å². The molecule has 18 heavy (non-hydrogen) atoms. The Morgan fingerprint density at radius 2 is 2.06 bits per heavy atom. The minimum absolute atomic E-state index is 0.0499. The second kappa shape index (κ2) is 4.80. The van der Waals surface area contributed by atoms with Gasteiger partial charge in [0.15, 0.2) is 0 Å². The van der Waals surface area contributed by atoms with Crippen LogP contribution in [-0.2, 0) is 4.79 Å². The highest BCUT2D eigenvalue weighted by Gasteiger charge is 2.41. The molecule has 0 spiro atoms. The second-order valence-electron chi connectivity index (χ2n) is 6.42. The lowest BCUT2D eigenvalue weighted by Gasteiger charge is -2.23. The van der Waals surface area contributed by atoms with Crippen LogP contribution in [0, 0.1) is 23.7 Å². The first kappa shape index (κ1) is 12.4. The molecule has 0 saturated heterocycles. The first-order valence-corrected chi connectivity index (χ1v) is 7.63. The van der Waals surface area contributed by atoms with Gasteiger partial charge in [-0.2, -0.15) is 0 Å². The number of thiocarbonyl (C=S) groups is 1. The number of carbonyl (C=O) groups is 1. The predicted octanol–water partition coefficient (Wildman–Crippen LogP) is 1.99. The quantitative estimate of drug-likeness (QED) is 0.748. The molecule has 4 atom stereocenters. The van der Waals surface area contributed by atoms with E-state index in [0.29, 0.717) is 23.2 Å². The Balaban J connectivity index is 1.50. The van der Waals surface area contributed by atoms with E-state index in [1.54, 1.807) is 0 Å². The molecule has 3 aliphatic rings. The molecule has 3 aliphatic carbocycles. The summed E-state index contributed by atoms with van der Waals surface area (Å²) in [5.41, 5.74) is 5.71. The molecular formula is C14H22N2OS. The molecule has 3 saturated carbocycles. The molecule has 2 bridgehead atoms. The summed E-state index contributed by atoms with van der Waals surface area (Å²) in [6, 6.07) is -0.0499. The lowest BCUT2D eigenvalue weighted by atomic mass is 9.86. The Labute approximate surface area is 114 Å². The van der Waals surface area contributed by atoms with Crippen LogP contribution in [0.5, 0.6) is 0 Å². The van der Waals surface area contributed by atoms with E-state index in [4.69, 9.17) is 18.0 Å². The molecule has 100 valence electrons. The van der Waals surface area contributed by atoms with Gasteiger partial charge in [0.1, 0.15) is 0 Å². The predicted molar refractivity (Wildman–Crippen MR) is 75.0 cm³/mol. The zero-order valence-corrected chi connectivity index (χ0v) is 11.5. The fourth-order valence-electron chi connectivity index (χ4n) is 3.95. The van der Waals surface area contributed by atoms with Crippen LogP contribution in [0.2, 0.25) is 0 Å². The minimum Gasteiger partial charge on any atom is -0.392 e. The van der Waals surface area contributed by atoms with Crippen LogP contribution in [0.1, 0.15) is 44.9 Å². The molecule has 0 aromatic heterocycles. The van der Waals surface area contributed by atoms with E-state index in [1.165, 1.54) is 25.7 Å². The number of nitrogens with one attached hydrogen (secondary N) is 1. The third-order valence-corrected chi connectivity index (χ3v) is 5.30. The number of fused-ring (bicyclic) bond motifs is 2. The fourth-order valence-corrected chi connectivity index (χ4v) is 4.20. The molecule has 3 N–H and O–H groups in total. The zero-order chi connectivity index (χ0) is 12.7. The zero-order valence-electron chi connectivity index (χ0n) is 10.7. The maximum Gasteiger partial charge on any atom is 0.220 e. The van der Waals surface area contributed by atoms with Crippen molar-refractivity contribution in [1.82, 2.24) is 5.32 Å². The summed E-state index contributed by atoms with van der Waals surface area (Å²) in [6.07, 6.45) is 8.34. The van der Waals surface area contributed by atoms with E-state index in [2.05, 4.69) is 5.32 Å². The van der Waals surface area contributed by atoms with Crippen molar-refractivity contribution in [2.24, 2.45) is 29.4 Å². The van der Waals surface area contributed by atoms with Crippen LogP contribution in [0.25, 0.3) is 0 Å². The van der Waals surface area contributed by atoms with Crippen LogP contribution in [0.15, 0.2) is 0 Å². The van der Waals surface area contributed by atoms with Crippen LogP contribution in [0.3, 0.4) is 0 Å². The van der Waals surface area contributed by atoms with Crippen molar-refractivity contribution < 1.29 is 4.79 Å². The summed E-state index contributed by atoms with van der Waals surface area (Å²) in [7, 11) is 0. The van der Waals surface area contributed by atoms with Crippen LogP contribution < -0.4 is 11.1 Å². The second-order valence-corrected chi connectivity index (χ2v) is 6.90. The number of rotatable bonds is 5. The SMILES string of the molecule is NC(=S)C(NC(=O)CC1CC2CCC1C2)C1CC1. The molecule has 0 aliphatic heterocycles. The molecule has 4 heteroatoms. The molecule has 0 heterocycles. The van der Waals surface area contributed by atoms with E-state index in [9.17, 15) is 4.79 Å². The Kier molecular flexibility index (Phi) is 3.31. The molecule has 4 unspecified atom stereocenters. The van der Waals surface area contributed by atoms with Crippen LogP contribution in [0.4, 0.5) is 0 Å². The van der Waals surface area contributed by atoms with Gasteiger partial charge in [0, 0.05) is 6.42 Å². The first-order chi connectivity index (χ1) is 8.63. The molecule has 1 amide bonds. The number of hydrogen-bond donors (Lipinski definition) is 2. The molecule has 3 fully saturated rings. The van der Waals surface area contributed by atoms with Crippen LogP contribution >= 0.6 is 12.2 Å². The summed E-state index contributed by atoms with van der Waals surface area (Å²) < 4.78 is 0. The van der Waals surface area contributed by atoms with Crippen molar-refractivity contribution in [3.63, 3.8) is 0 Å². The van der Waals surface area contributed by atoms with Gasteiger partial charge in [-0.15, -0.1) is 0 Å². The van der Waals surface area contributed by atoms with E-state index in [0.717, 1.165) is 24.7 Å². The molecule has 3 rings (SSSR count). The summed E-state index contributed by atoms with van der Waals surface area (Å²) in [6.45, 7) is 0. The Morgan fingerprint density at radius 3 is 2.56 bits per heavy atom. The van der Waals surface area contributed by atoms with Crippen molar-refractivity contribution in [1.29, 1.82) is 0 Å². The van der Waals surface area contributed by atoms with Crippen molar-refractivity contribution in [3.8, 4) is 0 Å². The summed E-state index contributed by atoms with van der Waals surface area (Å²) in [5, 5.41) is 3.06. The first-order valence-electron chi connectivity index (χ1n) is 7.22. The summed E-state index contributed by atoms with van der Waals surface area (Å²) in [4.78, 5) is 12.6. The molecular weight excluding hydrogens is 244 g/mol. The van der Waals surface area contributed by atoms with E-state index in [-0.39, 0.29) is 11.9 Å². The van der Waals surface area contributed by atoms with E-state index >= 15 is 0 Å². The van der Waals surface area contributed by atoms with Gasteiger partial charge in [0.25, 0.3) is 0 Å². The summed E-state index contributed by atoms with van der Waals surface area (Å²) >= 11 is 5.05. The maximum atomic E-state index is 12.1. The molecule has 3 nitrogen and oxygen atoms in total. The van der Waals surface area contributed by atoms with Crippen LogP contribution in [-0.4, -0.2) is 16.9 Å². The average Bonchev–Trinajstić information content (AvgIpc) is 2.95. The highest BCUT2D eigenvalue weighted by atomic mass is 32.1. The Morgan fingerprint density at radius 1 is 1.28 bits per heavy atom. The van der Waals surface area contributed by atoms with Crippen molar-refractivity contribution in [3.05, 3.63) is 0 Å². The third kappa shape index (κ3) is 2.53. The number of amides is 1. The fraction of sp³-hybridized carbons (Fsp3) is 0.857. The molecule has 0 aromatic rings. The molecule has 0 radical (unpaired) electrons. The largest absolute Gasteiger partial charge is 0.392 e. The maximum absolute atomic E-state index is 12.1. The van der Waals surface area contributed by atoms with E-state index in [1.807, 2.05) is 0 Å². The number of carbonyl (C=O) groups excluding carboxylic acids is 1. The van der Waals surface area contributed by atoms with Gasteiger partial charge in [-0.05, 0) is 55.8 Å². The Hall–Kier alpha value is -0.640. The minimum atomic E-state index is -0.0499. The van der Waals surface area contributed by atoms with Crippen molar-refractivity contribution >= 4 is 23.1 Å². The van der Waals surface area contributed by atoms with Crippen molar-refractivity contribution in [2.75, 3.05) is 0 Å². The normalized spacial score (nSPS) is 35.4. The van der Waals surface area contributed by atoms with Gasteiger partial charge in [-0.1, -0.05) is 18.6 Å². The van der Waals surface area contributed by atoms with Gasteiger partial charge in [0.2, 0.25) is 5.91 Å². The third-order valence-electron chi connectivity index (χ3n) is 5.05. The van der Waals surface area contributed by atoms with Gasteiger partial charge < -0.3 is 11.1 Å². The number of hydrogen-bond acceptors (Lipinski definition) is 2. The molecule has 0 aromatic carbocycles. The average molecular weight is 266 g/mol. The van der Waals surface area contributed by atoms with Gasteiger partial charge in [-0.25, -0.2) is 0 Å². The van der Waals surface area contributed by atoms with Gasteiger partial charge >= 0.3 is 0 Å². The van der Waals surface area contributed by atoms with E-state index < -0.39 is 0 Å². The van der Waals surface area contributed by atoms with Gasteiger partial charge in [-0.3, -0.25) is 4.79 Å². The summed E-state index contributed by atoms with van der Waals surface area (Å²) in [5.74, 6) is 3.01. The lowest BCUT2D eigenvalue weighted by Crippen LogP contribution is -2.45. The smallest absolute Gasteiger partial charge is 0.220 e. The number of nitrogens with two attached hydrogens (primary N) is 1. The standard InChI is InChI=1S/C14H22N2OS/c15-14(18)13(9-3-4-9)16-12(17)7-11-6-8-1-2-10(11)5-8/h8-11,13H,1-7H2,(H2,15,18)(H,16,17). The monoisotopic (exact) mass is 266 g/mol. The highest BCUT2D eigenvalue weighted by molar-refractivity contribution is 7.80.